The SMILES string of the molecule is CCOc1cc(/C=N\NC(=O)c2cccc(Br)c2)ccc1OC. The van der Waals surface area contributed by atoms with Gasteiger partial charge in [-0.25, -0.2) is 5.43 Å². The smallest absolute Gasteiger partial charge is 0.271 e. The first-order chi connectivity index (χ1) is 11.1. The summed E-state index contributed by atoms with van der Waals surface area (Å²) in [5.74, 6) is 1.01. The van der Waals surface area contributed by atoms with E-state index in [-0.39, 0.29) is 5.91 Å². The molecule has 5 nitrogen and oxygen atoms in total. The number of amides is 1. The van der Waals surface area contributed by atoms with Crippen LogP contribution < -0.4 is 14.9 Å². The van der Waals surface area contributed by atoms with Gasteiger partial charge >= 0.3 is 0 Å². The summed E-state index contributed by atoms with van der Waals surface area (Å²) in [6, 6.07) is 12.5. The van der Waals surface area contributed by atoms with Crippen LogP contribution in [0.3, 0.4) is 0 Å². The van der Waals surface area contributed by atoms with Crippen molar-refractivity contribution in [3.8, 4) is 11.5 Å². The molecule has 0 aliphatic carbocycles. The molecule has 0 unspecified atom stereocenters. The Hall–Kier alpha value is -2.34. The Morgan fingerprint density at radius 2 is 2.09 bits per heavy atom. The van der Waals surface area contributed by atoms with Crippen LogP contribution in [0.2, 0.25) is 0 Å². The Balaban J connectivity index is 2.05. The highest BCUT2D eigenvalue weighted by Crippen LogP contribution is 2.27. The van der Waals surface area contributed by atoms with Gasteiger partial charge in [-0.2, -0.15) is 5.10 Å². The number of hydrogen-bond donors (Lipinski definition) is 1. The topological polar surface area (TPSA) is 59.9 Å². The van der Waals surface area contributed by atoms with E-state index < -0.39 is 0 Å². The fraction of sp³-hybridized carbons (Fsp3) is 0.176. The van der Waals surface area contributed by atoms with Gasteiger partial charge in [-0.15, -0.1) is 0 Å². The quantitative estimate of drug-likeness (QED) is 0.618. The molecular weight excluding hydrogens is 360 g/mol. The van der Waals surface area contributed by atoms with Gasteiger partial charge in [-0.3, -0.25) is 4.79 Å². The minimum absolute atomic E-state index is 0.277. The first-order valence-electron chi connectivity index (χ1n) is 7.04. The molecule has 1 amide bonds. The molecule has 0 aliphatic heterocycles. The summed E-state index contributed by atoms with van der Waals surface area (Å²) >= 11 is 3.33. The number of carbonyl (C=O) groups excluding carboxylic acids is 1. The van der Waals surface area contributed by atoms with Gasteiger partial charge < -0.3 is 9.47 Å². The Labute approximate surface area is 143 Å². The van der Waals surface area contributed by atoms with E-state index in [9.17, 15) is 4.79 Å². The van der Waals surface area contributed by atoms with Gasteiger partial charge in [0.15, 0.2) is 11.5 Å². The van der Waals surface area contributed by atoms with Gasteiger partial charge in [0.2, 0.25) is 0 Å². The third kappa shape index (κ3) is 4.82. The van der Waals surface area contributed by atoms with Gasteiger partial charge in [-0.05, 0) is 48.9 Å². The zero-order valence-corrected chi connectivity index (χ0v) is 14.5. The normalized spacial score (nSPS) is 10.6. The highest BCUT2D eigenvalue weighted by atomic mass is 79.9. The summed E-state index contributed by atoms with van der Waals surface area (Å²) in [5.41, 5.74) is 3.82. The van der Waals surface area contributed by atoms with Gasteiger partial charge in [-0.1, -0.05) is 22.0 Å². The van der Waals surface area contributed by atoms with Crippen molar-refractivity contribution in [1.82, 2.24) is 5.43 Å². The van der Waals surface area contributed by atoms with Crippen LogP contribution in [-0.4, -0.2) is 25.8 Å². The zero-order valence-electron chi connectivity index (χ0n) is 12.9. The van der Waals surface area contributed by atoms with Gasteiger partial charge in [0.1, 0.15) is 0 Å². The van der Waals surface area contributed by atoms with E-state index in [0.29, 0.717) is 23.7 Å². The maximum Gasteiger partial charge on any atom is 0.271 e. The third-order valence-electron chi connectivity index (χ3n) is 2.95. The number of ether oxygens (including phenoxy) is 2. The van der Waals surface area contributed by atoms with Crippen LogP contribution in [0.25, 0.3) is 0 Å². The second kappa shape index (κ2) is 8.33. The van der Waals surface area contributed by atoms with E-state index >= 15 is 0 Å². The van der Waals surface area contributed by atoms with Crippen molar-refractivity contribution >= 4 is 28.1 Å². The maximum absolute atomic E-state index is 12.0. The van der Waals surface area contributed by atoms with Crippen molar-refractivity contribution in [2.45, 2.75) is 6.92 Å². The fourth-order valence-electron chi connectivity index (χ4n) is 1.90. The minimum atomic E-state index is -0.277. The van der Waals surface area contributed by atoms with Crippen LogP contribution >= 0.6 is 15.9 Å². The molecule has 1 N–H and O–H groups in total. The van der Waals surface area contributed by atoms with Gasteiger partial charge in [0.25, 0.3) is 5.91 Å². The average molecular weight is 377 g/mol. The van der Waals surface area contributed by atoms with Crippen molar-refractivity contribution in [2.24, 2.45) is 5.10 Å². The van der Waals surface area contributed by atoms with Crippen LogP contribution in [0.15, 0.2) is 52.0 Å². The van der Waals surface area contributed by atoms with Crippen LogP contribution in [0.4, 0.5) is 0 Å². The first kappa shape index (κ1) is 17.0. The fourth-order valence-corrected chi connectivity index (χ4v) is 2.30. The molecule has 0 spiro atoms. The Kier molecular flexibility index (Phi) is 6.17. The Bertz CT molecular complexity index is 717. The number of carbonyl (C=O) groups is 1. The number of methoxy groups -OCH3 is 1. The second-order valence-corrected chi connectivity index (χ2v) is 5.47. The van der Waals surface area contributed by atoms with Crippen LogP contribution in [0.1, 0.15) is 22.8 Å². The largest absolute Gasteiger partial charge is 0.493 e. The van der Waals surface area contributed by atoms with E-state index in [2.05, 4.69) is 26.5 Å². The Morgan fingerprint density at radius 1 is 1.26 bits per heavy atom. The lowest BCUT2D eigenvalue weighted by Crippen LogP contribution is -2.17. The third-order valence-corrected chi connectivity index (χ3v) is 3.45. The monoisotopic (exact) mass is 376 g/mol. The molecule has 0 heterocycles. The van der Waals surface area contributed by atoms with E-state index in [4.69, 9.17) is 9.47 Å². The van der Waals surface area contributed by atoms with Crippen LogP contribution in [-0.2, 0) is 0 Å². The molecule has 2 aromatic rings. The zero-order chi connectivity index (χ0) is 16.7. The number of hydrazone groups is 1. The molecule has 0 aromatic heterocycles. The lowest BCUT2D eigenvalue weighted by Gasteiger charge is -2.09. The molecule has 0 saturated carbocycles. The van der Waals surface area contributed by atoms with Crippen molar-refractivity contribution in [2.75, 3.05) is 13.7 Å². The molecule has 2 aromatic carbocycles. The van der Waals surface area contributed by atoms with Crippen LogP contribution in [0, 0.1) is 0 Å². The van der Waals surface area contributed by atoms with Crippen LogP contribution in [0.5, 0.6) is 11.5 Å². The highest BCUT2D eigenvalue weighted by molar-refractivity contribution is 9.10. The molecular formula is C17H17BrN2O3. The number of nitrogens with one attached hydrogen (secondary N) is 1. The predicted octanol–water partition coefficient (Wildman–Crippen LogP) is 3.62. The molecule has 6 heteroatoms. The molecule has 0 fully saturated rings. The summed E-state index contributed by atoms with van der Waals surface area (Å²) < 4.78 is 11.6. The molecule has 2 rings (SSSR count). The summed E-state index contributed by atoms with van der Waals surface area (Å²) in [7, 11) is 1.59. The molecule has 0 radical (unpaired) electrons. The highest BCUT2D eigenvalue weighted by Gasteiger charge is 2.05. The minimum Gasteiger partial charge on any atom is -0.493 e. The molecule has 0 bridgehead atoms. The molecule has 0 saturated heterocycles. The molecule has 23 heavy (non-hydrogen) atoms. The molecule has 120 valence electrons. The number of rotatable bonds is 6. The maximum atomic E-state index is 12.0. The summed E-state index contributed by atoms with van der Waals surface area (Å²) in [5, 5.41) is 3.97. The standard InChI is InChI=1S/C17H17BrN2O3/c1-3-23-16-9-12(7-8-15(16)22-2)11-19-20-17(21)13-5-4-6-14(18)10-13/h4-11H,3H2,1-2H3,(H,20,21)/b19-11-. The summed E-state index contributed by atoms with van der Waals surface area (Å²) in [6.07, 6.45) is 1.55. The Morgan fingerprint density at radius 3 is 2.78 bits per heavy atom. The number of nitrogens with zero attached hydrogens (tertiary/aromatic N) is 1. The van der Waals surface area contributed by atoms with Crippen molar-refractivity contribution < 1.29 is 14.3 Å². The predicted molar refractivity (Wildman–Crippen MR) is 93.4 cm³/mol. The lowest BCUT2D eigenvalue weighted by atomic mass is 10.2. The van der Waals surface area contributed by atoms with Crippen molar-refractivity contribution in [3.63, 3.8) is 0 Å². The van der Waals surface area contributed by atoms with Gasteiger partial charge in [0.05, 0.1) is 19.9 Å². The summed E-state index contributed by atoms with van der Waals surface area (Å²) in [4.78, 5) is 12.0. The summed E-state index contributed by atoms with van der Waals surface area (Å²) in [6.45, 7) is 2.44. The molecule has 0 atom stereocenters. The van der Waals surface area contributed by atoms with E-state index in [1.54, 1.807) is 43.7 Å². The van der Waals surface area contributed by atoms with Crippen molar-refractivity contribution in [1.29, 1.82) is 0 Å². The van der Waals surface area contributed by atoms with E-state index in [1.165, 1.54) is 0 Å². The molecule has 0 aliphatic rings. The number of hydrogen-bond acceptors (Lipinski definition) is 4. The van der Waals surface area contributed by atoms with Gasteiger partial charge in [0, 0.05) is 10.0 Å². The van der Waals surface area contributed by atoms with Crippen molar-refractivity contribution in [3.05, 3.63) is 58.1 Å². The average Bonchev–Trinajstić information content (AvgIpc) is 2.55. The number of halogens is 1. The van der Waals surface area contributed by atoms with E-state index in [0.717, 1.165) is 10.0 Å². The first-order valence-corrected chi connectivity index (χ1v) is 7.83. The number of benzene rings is 2. The second-order valence-electron chi connectivity index (χ2n) is 4.55. The van der Waals surface area contributed by atoms with E-state index in [1.807, 2.05) is 19.1 Å². The lowest BCUT2D eigenvalue weighted by molar-refractivity contribution is 0.0955.